The average molecular weight is 885 g/mol. The molecule has 0 saturated carbocycles. The number of ether oxygens (including phenoxy) is 3. The molecule has 1 rings (SSSR count). The Bertz CT molecular complexity index is 1230. The number of carbonyl (C=O) groups is 2. The van der Waals surface area contributed by atoms with Gasteiger partial charge in [-0.3, -0.25) is 0 Å². The number of benzene rings is 1. The van der Waals surface area contributed by atoms with E-state index < -0.39 is 29.8 Å². The van der Waals surface area contributed by atoms with Gasteiger partial charge in [-0.05, 0) is 97.3 Å². The summed E-state index contributed by atoms with van der Waals surface area (Å²) in [7, 11) is -5.46. The third-order valence-corrected chi connectivity index (χ3v) is 15.9. The molecule has 1 aromatic rings. The van der Waals surface area contributed by atoms with E-state index in [1.54, 1.807) is 0 Å². The number of rotatable bonds is 38. The van der Waals surface area contributed by atoms with Gasteiger partial charge in [0.05, 0.1) is 13.2 Å². The smallest absolute Gasteiger partial charge is 0.445 e. The van der Waals surface area contributed by atoms with Gasteiger partial charge in [-0.2, -0.15) is 11.8 Å². The van der Waals surface area contributed by atoms with Crippen LogP contribution in [0.25, 0.3) is 6.08 Å². The summed E-state index contributed by atoms with van der Waals surface area (Å²) in [5.74, 6) is 2.41. The Balaban J connectivity index is 2.49. The largest absolute Gasteiger partial charge is 0.500 e. The fourth-order valence-corrected chi connectivity index (χ4v) is 12.1. The van der Waals surface area contributed by atoms with Crippen molar-refractivity contribution < 1.29 is 50.4 Å². The van der Waals surface area contributed by atoms with Crippen LogP contribution in [0.3, 0.4) is 0 Å². The second-order valence-corrected chi connectivity index (χ2v) is 19.8. The van der Waals surface area contributed by atoms with E-state index >= 15 is 0 Å². The Morgan fingerprint density at radius 2 is 1.14 bits per heavy atom. The summed E-state index contributed by atoms with van der Waals surface area (Å²) in [6.45, 7) is 17.3. The van der Waals surface area contributed by atoms with Crippen LogP contribution in [0.4, 0.5) is 9.59 Å². The molecule has 0 fully saturated rings. The predicted molar refractivity (Wildman–Crippen MR) is 243 cm³/mol. The molecule has 338 valence electrons. The third kappa shape index (κ3) is 28.6. The van der Waals surface area contributed by atoms with Gasteiger partial charge < -0.3 is 51.4 Å². The highest BCUT2D eigenvalue weighted by atomic mass is 32.2. The summed E-state index contributed by atoms with van der Waals surface area (Å²) < 4.78 is 51.8. The van der Waals surface area contributed by atoms with Crippen molar-refractivity contribution in [1.29, 1.82) is 0 Å². The highest BCUT2D eigenvalue weighted by Crippen LogP contribution is 2.21. The Morgan fingerprint density at radius 1 is 0.627 bits per heavy atom. The van der Waals surface area contributed by atoms with Gasteiger partial charge in [0, 0.05) is 70.6 Å². The second kappa shape index (κ2) is 37.3. The number of amides is 2. The normalized spacial score (nSPS) is 12.8. The SMILES string of the molecule is CCO[Si](CCCNC(=O)OC/C=C/CCC(C/C=C/COC(=O)NCCC[Si](OCC)(OCC)OCC)CCSCCOC/C=C/c1ccccc1)(OCC)OCC. The van der Waals surface area contributed by atoms with Crippen LogP contribution < -0.4 is 10.6 Å². The van der Waals surface area contributed by atoms with Crippen molar-refractivity contribution in [3.8, 4) is 0 Å². The third-order valence-electron chi connectivity index (χ3n) is 8.58. The number of hydrogen-bond acceptors (Lipinski definition) is 12. The first-order valence-corrected chi connectivity index (χ1v) is 26.6. The van der Waals surface area contributed by atoms with Gasteiger partial charge in [-0.1, -0.05) is 66.8 Å². The van der Waals surface area contributed by atoms with E-state index in [-0.39, 0.29) is 13.2 Å². The minimum Gasteiger partial charge on any atom is -0.445 e. The molecule has 16 heteroatoms. The molecule has 2 amide bonds. The molecular weight excluding hydrogens is 809 g/mol. The number of allylic oxidation sites excluding steroid dienone is 2. The first-order chi connectivity index (χ1) is 28.8. The summed E-state index contributed by atoms with van der Waals surface area (Å²) in [6, 6.07) is 11.5. The summed E-state index contributed by atoms with van der Waals surface area (Å²) in [6.07, 6.45) is 16.3. The topological polar surface area (TPSA) is 141 Å². The fraction of sp³-hybridized carbons (Fsp3) is 0.674. The Kier molecular flexibility index (Phi) is 34.4. The van der Waals surface area contributed by atoms with Gasteiger partial charge in [0.1, 0.15) is 13.2 Å². The van der Waals surface area contributed by atoms with E-state index in [1.807, 2.05) is 89.7 Å². The highest BCUT2D eigenvalue weighted by Gasteiger charge is 2.40. The molecule has 0 aliphatic rings. The summed E-state index contributed by atoms with van der Waals surface area (Å²) >= 11 is 1.90. The van der Waals surface area contributed by atoms with Gasteiger partial charge in [0.15, 0.2) is 0 Å². The quantitative estimate of drug-likeness (QED) is 0.0372. The van der Waals surface area contributed by atoms with Crippen LogP contribution >= 0.6 is 11.8 Å². The molecule has 0 aliphatic heterocycles. The zero-order valence-corrected chi connectivity index (χ0v) is 39.7. The lowest BCUT2D eigenvalue weighted by atomic mass is 9.96. The molecule has 0 spiro atoms. The molecule has 0 radical (unpaired) electrons. The van der Waals surface area contributed by atoms with E-state index in [1.165, 1.54) is 5.56 Å². The van der Waals surface area contributed by atoms with Gasteiger partial charge >= 0.3 is 29.8 Å². The molecular formula is C43H76N2O11SSi2. The molecule has 1 atom stereocenters. The summed E-state index contributed by atoms with van der Waals surface area (Å²) in [5, 5.41) is 5.62. The van der Waals surface area contributed by atoms with Crippen molar-refractivity contribution in [2.45, 2.75) is 92.2 Å². The van der Waals surface area contributed by atoms with Crippen LogP contribution in [-0.4, -0.2) is 120 Å². The predicted octanol–water partition coefficient (Wildman–Crippen LogP) is 9.07. The van der Waals surface area contributed by atoms with Crippen LogP contribution in [-0.2, 0) is 40.8 Å². The molecule has 1 aromatic carbocycles. The monoisotopic (exact) mass is 884 g/mol. The van der Waals surface area contributed by atoms with Gasteiger partial charge in [0.2, 0.25) is 0 Å². The van der Waals surface area contributed by atoms with Crippen molar-refractivity contribution in [3.05, 3.63) is 66.3 Å². The number of hydrogen-bond donors (Lipinski definition) is 2. The maximum absolute atomic E-state index is 12.3. The fourth-order valence-electron chi connectivity index (χ4n) is 5.97. The zero-order chi connectivity index (χ0) is 43.1. The second-order valence-electron chi connectivity index (χ2n) is 13.1. The molecule has 0 bridgehead atoms. The van der Waals surface area contributed by atoms with Crippen LogP contribution in [0.15, 0.2) is 60.7 Å². The van der Waals surface area contributed by atoms with Crippen LogP contribution in [0, 0.1) is 5.92 Å². The van der Waals surface area contributed by atoms with E-state index in [2.05, 4.69) is 41.0 Å². The van der Waals surface area contributed by atoms with E-state index in [4.69, 9.17) is 40.8 Å². The molecule has 0 aromatic heterocycles. The van der Waals surface area contributed by atoms with Crippen LogP contribution in [0.2, 0.25) is 12.1 Å². The van der Waals surface area contributed by atoms with E-state index in [0.717, 1.165) is 37.2 Å². The van der Waals surface area contributed by atoms with Crippen molar-refractivity contribution in [1.82, 2.24) is 10.6 Å². The first-order valence-electron chi connectivity index (χ1n) is 21.6. The van der Waals surface area contributed by atoms with Gasteiger partial charge in [-0.25, -0.2) is 9.59 Å². The number of thioether (sulfide) groups is 1. The standard InChI is InChI=1S/C43H76N2O11SSi2/c1-7-51-58(52-8-2,53-9-3)38-22-30-44-42(46)49-33-19-14-17-26-41(29-36-57-37-35-48-32-21-28-40-24-15-13-16-25-40)27-18-20-34-50-43(47)45-31-23-39-59(54-10-4,55-11-5)56-12-6/h13-16,18-21,24-25,28,41H,7-12,17,22-23,26-27,29-39H2,1-6H3,(H,44,46)(H,45,47)/b19-14+,20-18+,28-21+. The molecule has 0 saturated heterocycles. The lowest BCUT2D eigenvalue weighted by molar-refractivity contribution is 0.0700. The Morgan fingerprint density at radius 3 is 1.64 bits per heavy atom. The molecule has 1 unspecified atom stereocenters. The van der Waals surface area contributed by atoms with Gasteiger partial charge in [0.25, 0.3) is 0 Å². The molecule has 0 heterocycles. The number of nitrogens with one attached hydrogen (secondary N) is 2. The molecule has 0 aliphatic carbocycles. The van der Waals surface area contributed by atoms with Crippen molar-refractivity contribution in [3.63, 3.8) is 0 Å². The number of carbonyl (C=O) groups excluding carboxylic acids is 2. The van der Waals surface area contributed by atoms with Gasteiger partial charge in [-0.15, -0.1) is 0 Å². The lowest BCUT2D eigenvalue weighted by Gasteiger charge is -2.28. The lowest BCUT2D eigenvalue weighted by Crippen LogP contribution is -2.46. The van der Waals surface area contributed by atoms with Crippen molar-refractivity contribution in [2.75, 3.05) is 90.7 Å². The average Bonchev–Trinajstić information content (AvgIpc) is 3.22. The Labute approximate surface area is 362 Å². The Hall–Kier alpha value is -2.52. The maximum Gasteiger partial charge on any atom is 0.500 e. The zero-order valence-electron chi connectivity index (χ0n) is 36.9. The maximum atomic E-state index is 12.3. The highest BCUT2D eigenvalue weighted by molar-refractivity contribution is 7.99. The molecule has 2 N–H and O–H groups in total. The first kappa shape index (κ1) is 54.5. The minimum absolute atomic E-state index is 0.201. The summed E-state index contributed by atoms with van der Waals surface area (Å²) in [4.78, 5) is 24.6. The summed E-state index contributed by atoms with van der Waals surface area (Å²) in [5.41, 5.74) is 1.17. The minimum atomic E-state index is -2.73. The van der Waals surface area contributed by atoms with E-state index in [9.17, 15) is 9.59 Å². The molecule has 13 nitrogen and oxygen atoms in total. The van der Waals surface area contributed by atoms with Crippen LogP contribution in [0.1, 0.15) is 85.6 Å². The van der Waals surface area contributed by atoms with Crippen molar-refractivity contribution >= 4 is 47.6 Å². The van der Waals surface area contributed by atoms with Crippen LogP contribution in [0.5, 0.6) is 0 Å². The van der Waals surface area contributed by atoms with E-state index in [0.29, 0.717) is 96.8 Å². The number of alkyl carbamates (subject to hydrolysis) is 2. The molecule has 59 heavy (non-hydrogen) atoms. The van der Waals surface area contributed by atoms with Crippen molar-refractivity contribution in [2.24, 2.45) is 5.92 Å².